The lowest BCUT2D eigenvalue weighted by atomic mass is 10.0. The number of amides is 2. The van der Waals surface area contributed by atoms with Gasteiger partial charge in [-0.1, -0.05) is 72.3 Å². The normalized spacial score (nSPS) is 12.0. The molecule has 7 nitrogen and oxygen atoms in total. The Morgan fingerprint density at radius 1 is 0.946 bits per heavy atom. The predicted octanol–water partition coefficient (Wildman–Crippen LogP) is 4.11. The standard InChI is InChI=1S/C28H32ClN3O4S/c1-20-11-10-16-25(21(20)2)32(37(4,35)36)19-27(33)31(18-23-14-8-9-15-24(23)29)26(28(34)30-3)17-22-12-6-5-7-13-22/h5-16,26H,17-19H2,1-4H3,(H,30,34)/t26-/m0/s1. The van der Waals surface area contributed by atoms with Gasteiger partial charge in [0.15, 0.2) is 0 Å². The second kappa shape index (κ2) is 12.3. The molecule has 0 saturated heterocycles. The van der Waals surface area contributed by atoms with E-state index in [1.807, 2.05) is 50.2 Å². The molecule has 0 aliphatic heterocycles. The third kappa shape index (κ3) is 7.11. The minimum atomic E-state index is -3.82. The van der Waals surface area contributed by atoms with Crippen molar-refractivity contribution in [3.8, 4) is 0 Å². The second-order valence-corrected chi connectivity index (χ2v) is 11.2. The number of aryl methyl sites for hydroxylation is 1. The Morgan fingerprint density at radius 2 is 1.59 bits per heavy atom. The lowest BCUT2D eigenvalue weighted by Crippen LogP contribution is -2.53. The highest BCUT2D eigenvalue weighted by Crippen LogP contribution is 2.26. The van der Waals surface area contributed by atoms with Crippen LogP contribution in [0.2, 0.25) is 5.02 Å². The maximum atomic E-state index is 13.9. The molecule has 3 rings (SSSR count). The lowest BCUT2D eigenvalue weighted by molar-refractivity contribution is -0.139. The number of anilines is 1. The molecule has 3 aromatic rings. The van der Waals surface area contributed by atoms with Gasteiger partial charge in [0.05, 0.1) is 11.9 Å². The fraction of sp³-hybridized carbons (Fsp3) is 0.286. The summed E-state index contributed by atoms with van der Waals surface area (Å²) in [6.45, 7) is 3.27. The molecule has 0 aliphatic carbocycles. The molecular formula is C28H32ClN3O4S. The molecule has 2 amide bonds. The number of halogens is 1. The highest BCUT2D eigenvalue weighted by molar-refractivity contribution is 7.92. The van der Waals surface area contributed by atoms with Gasteiger partial charge in [-0.3, -0.25) is 13.9 Å². The van der Waals surface area contributed by atoms with E-state index in [2.05, 4.69) is 5.32 Å². The van der Waals surface area contributed by atoms with E-state index in [9.17, 15) is 18.0 Å². The van der Waals surface area contributed by atoms with E-state index in [4.69, 9.17) is 11.6 Å². The van der Waals surface area contributed by atoms with Gasteiger partial charge < -0.3 is 10.2 Å². The summed E-state index contributed by atoms with van der Waals surface area (Å²) in [6.07, 6.45) is 1.32. The van der Waals surface area contributed by atoms with E-state index in [1.165, 1.54) is 11.9 Å². The summed E-state index contributed by atoms with van der Waals surface area (Å²) in [4.78, 5) is 28.5. The van der Waals surface area contributed by atoms with Crippen LogP contribution in [-0.2, 0) is 32.6 Å². The molecule has 37 heavy (non-hydrogen) atoms. The molecule has 0 heterocycles. The van der Waals surface area contributed by atoms with Crippen LogP contribution in [0.3, 0.4) is 0 Å². The van der Waals surface area contributed by atoms with E-state index in [-0.39, 0.29) is 18.9 Å². The summed E-state index contributed by atoms with van der Waals surface area (Å²) in [5, 5.41) is 3.10. The van der Waals surface area contributed by atoms with Crippen molar-refractivity contribution in [2.24, 2.45) is 0 Å². The summed E-state index contributed by atoms with van der Waals surface area (Å²) >= 11 is 6.42. The van der Waals surface area contributed by atoms with Crippen molar-refractivity contribution in [2.45, 2.75) is 32.9 Å². The van der Waals surface area contributed by atoms with Gasteiger partial charge >= 0.3 is 0 Å². The Balaban J connectivity index is 2.07. The van der Waals surface area contributed by atoms with Crippen LogP contribution in [0.4, 0.5) is 5.69 Å². The molecule has 0 saturated carbocycles. The molecule has 1 atom stereocenters. The van der Waals surface area contributed by atoms with Gasteiger partial charge in [0.1, 0.15) is 12.6 Å². The first-order valence-electron chi connectivity index (χ1n) is 11.8. The number of likely N-dealkylation sites (N-methyl/N-ethyl adjacent to an activating group) is 1. The number of nitrogens with zero attached hydrogens (tertiary/aromatic N) is 2. The van der Waals surface area contributed by atoms with Gasteiger partial charge in [-0.25, -0.2) is 8.42 Å². The van der Waals surface area contributed by atoms with Crippen molar-refractivity contribution < 1.29 is 18.0 Å². The van der Waals surface area contributed by atoms with Crippen LogP contribution in [0.15, 0.2) is 72.8 Å². The zero-order valence-corrected chi connectivity index (χ0v) is 23.0. The van der Waals surface area contributed by atoms with Gasteiger partial charge in [0.25, 0.3) is 0 Å². The number of carbonyl (C=O) groups excluding carboxylic acids is 2. The van der Waals surface area contributed by atoms with Crippen molar-refractivity contribution >= 4 is 39.1 Å². The molecule has 0 unspecified atom stereocenters. The summed E-state index contributed by atoms with van der Waals surface area (Å²) in [5.74, 6) is -0.877. The van der Waals surface area contributed by atoms with E-state index >= 15 is 0 Å². The van der Waals surface area contributed by atoms with E-state index in [1.54, 1.807) is 36.4 Å². The van der Waals surface area contributed by atoms with Crippen molar-refractivity contribution in [3.63, 3.8) is 0 Å². The maximum Gasteiger partial charge on any atom is 0.244 e. The largest absolute Gasteiger partial charge is 0.357 e. The van der Waals surface area contributed by atoms with Gasteiger partial charge in [-0.15, -0.1) is 0 Å². The lowest BCUT2D eigenvalue weighted by Gasteiger charge is -2.33. The molecule has 0 aliphatic rings. The molecule has 0 aromatic heterocycles. The Bertz CT molecular complexity index is 1360. The molecule has 0 bridgehead atoms. The predicted molar refractivity (Wildman–Crippen MR) is 148 cm³/mol. The number of hydrogen-bond acceptors (Lipinski definition) is 4. The zero-order valence-electron chi connectivity index (χ0n) is 21.4. The van der Waals surface area contributed by atoms with Gasteiger partial charge in [-0.2, -0.15) is 0 Å². The van der Waals surface area contributed by atoms with Gasteiger partial charge in [0.2, 0.25) is 21.8 Å². The molecule has 0 radical (unpaired) electrons. The van der Waals surface area contributed by atoms with Gasteiger partial charge in [-0.05, 0) is 48.2 Å². The van der Waals surface area contributed by atoms with Crippen molar-refractivity contribution in [1.82, 2.24) is 10.2 Å². The number of carbonyl (C=O) groups is 2. The monoisotopic (exact) mass is 541 g/mol. The molecule has 1 N–H and O–H groups in total. The second-order valence-electron chi connectivity index (χ2n) is 8.92. The zero-order chi connectivity index (χ0) is 27.2. The van der Waals surface area contributed by atoms with Crippen LogP contribution in [0, 0.1) is 13.8 Å². The number of benzene rings is 3. The fourth-order valence-electron chi connectivity index (χ4n) is 4.13. The summed E-state index contributed by atoms with van der Waals surface area (Å²) in [5.41, 5.74) is 3.59. The number of sulfonamides is 1. The Hall–Kier alpha value is -3.36. The summed E-state index contributed by atoms with van der Waals surface area (Å²) < 4.78 is 26.8. The van der Waals surface area contributed by atoms with Crippen molar-refractivity contribution in [2.75, 3.05) is 24.2 Å². The van der Waals surface area contributed by atoms with Crippen molar-refractivity contribution in [1.29, 1.82) is 0 Å². The average Bonchev–Trinajstić information content (AvgIpc) is 2.87. The molecule has 196 valence electrons. The van der Waals surface area contributed by atoms with Crippen LogP contribution < -0.4 is 9.62 Å². The number of hydrogen-bond donors (Lipinski definition) is 1. The third-order valence-electron chi connectivity index (χ3n) is 6.34. The topological polar surface area (TPSA) is 86.8 Å². The van der Waals surface area contributed by atoms with E-state index in [0.717, 1.165) is 27.3 Å². The van der Waals surface area contributed by atoms with Crippen LogP contribution in [0.5, 0.6) is 0 Å². The molecule has 0 spiro atoms. The summed E-state index contributed by atoms with van der Waals surface area (Å²) in [7, 11) is -2.31. The molecule has 9 heteroatoms. The first-order valence-corrected chi connectivity index (χ1v) is 14.1. The van der Waals surface area contributed by atoms with E-state index in [0.29, 0.717) is 16.3 Å². The Labute approximate surface area is 224 Å². The minimum Gasteiger partial charge on any atom is -0.357 e. The first kappa shape index (κ1) is 28.2. The molecule has 0 fully saturated rings. The Kier molecular flexibility index (Phi) is 9.34. The fourth-order valence-corrected chi connectivity index (χ4v) is 5.23. The summed E-state index contributed by atoms with van der Waals surface area (Å²) in [6, 6.07) is 20.9. The SMILES string of the molecule is CNC(=O)[C@H](Cc1ccccc1)N(Cc1ccccc1Cl)C(=O)CN(c1cccc(C)c1C)S(C)(=O)=O. The van der Waals surface area contributed by atoms with Crippen LogP contribution >= 0.6 is 11.6 Å². The van der Waals surface area contributed by atoms with E-state index < -0.39 is 28.5 Å². The number of rotatable bonds is 10. The smallest absolute Gasteiger partial charge is 0.244 e. The van der Waals surface area contributed by atoms with Crippen LogP contribution in [0.1, 0.15) is 22.3 Å². The quantitative estimate of drug-likeness (QED) is 0.418. The van der Waals surface area contributed by atoms with Crippen LogP contribution in [0.25, 0.3) is 0 Å². The first-order chi connectivity index (χ1) is 17.5. The third-order valence-corrected chi connectivity index (χ3v) is 7.84. The highest BCUT2D eigenvalue weighted by Gasteiger charge is 2.33. The average molecular weight is 542 g/mol. The highest BCUT2D eigenvalue weighted by atomic mass is 35.5. The minimum absolute atomic E-state index is 0.0355. The molecular weight excluding hydrogens is 510 g/mol. The van der Waals surface area contributed by atoms with Gasteiger partial charge in [0, 0.05) is 25.0 Å². The van der Waals surface area contributed by atoms with Crippen LogP contribution in [-0.4, -0.2) is 51.0 Å². The number of nitrogens with one attached hydrogen (secondary N) is 1. The van der Waals surface area contributed by atoms with Crippen molar-refractivity contribution in [3.05, 3.63) is 100 Å². The maximum absolute atomic E-state index is 13.9. The molecule has 3 aromatic carbocycles. The Morgan fingerprint density at radius 3 is 2.22 bits per heavy atom.